The van der Waals surface area contributed by atoms with E-state index in [0.717, 1.165) is 17.0 Å². The second-order valence-corrected chi connectivity index (χ2v) is 6.52. The Labute approximate surface area is 156 Å². The molecule has 1 aliphatic heterocycles. The summed E-state index contributed by atoms with van der Waals surface area (Å²) in [4.78, 5) is 33.2. The van der Waals surface area contributed by atoms with Gasteiger partial charge in [0.15, 0.2) is 0 Å². The lowest BCUT2D eigenvalue weighted by molar-refractivity contribution is -0.140. The van der Waals surface area contributed by atoms with Crippen LogP contribution in [0.4, 0.5) is 4.79 Å². The van der Waals surface area contributed by atoms with Crippen molar-refractivity contribution >= 4 is 23.6 Å². The van der Waals surface area contributed by atoms with Crippen molar-refractivity contribution in [3.63, 3.8) is 0 Å². The Morgan fingerprint density at radius 3 is 3.08 bits per heavy atom. The quantitative estimate of drug-likeness (QED) is 0.620. The summed E-state index contributed by atoms with van der Waals surface area (Å²) in [5.41, 5.74) is 2.78. The third-order valence-electron chi connectivity index (χ3n) is 4.41. The van der Waals surface area contributed by atoms with Gasteiger partial charge < -0.3 is 19.9 Å². The van der Waals surface area contributed by atoms with E-state index in [-0.39, 0.29) is 24.5 Å². The van der Waals surface area contributed by atoms with Crippen molar-refractivity contribution in [3.05, 3.63) is 52.6 Å². The molecule has 0 radical (unpaired) electrons. The van der Waals surface area contributed by atoms with Crippen molar-refractivity contribution in [1.29, 1.82) is 0 Å². The van der Waals surface area contributed by atoms with Gasteiger partial charge in [0.25, 0.3) is 0 Å². The van der Waals surface area contributed by atoms with E-state index < -0.39 is 0 Å². The number of urea groups is 1. The highest BCUT2D eigenvalue weighted by molar-refractivity contribution is 6.30. The number of imidazole rings is 1. The van der Waals surface area contributed by atoms with E-state index in [1.165, 1.54) is 7.11 Å². The van der Waals surface area contributed by atoms with E-state index in [0.29, 0.717) is 31.0 Å². The van der Waals surface area contributed by atoms with Crippen molar-refractivity contribution < 1.29 is 14.3 Å². The van der Waals surface area contributed by atoms with Gasteiger partial charge in [0.1, 0.15) is 6.04 Å². The summed E-state index contributed by atoms with van der Waals surface area (Å²) in [6, 6.07) is 6.98. The number of nitrogens with zero attached hydrogens (tertiary/aromatic N) is 2. The molecule has 0 aliphatic carbocycles. The molecule has 26 heavy (non-hydrogen) atoms. The minimum atomic E-state index is -0.302. The van der Waals surface area contributed by atoms with Crippen LogP contribution in [0.15, 0.2) is 30.6 Å². The van der Waals surface area contributed by atoms with Gasteiger partial charge in [-0.05, 0) is 24.1 Å². The number of aromatic nitrogens is 2. The molecule has 138 valence electrons. The molecule has 2 N–H and O–H groups in total. The third-order valence-corrected chi connectivity index (χ3v) is 4.65. The minimum absolute atomic E-state index is 0.187. The summed E-state index contributed by atoms with van der Waals surface area (Å²) in [6.45, 7) is 0.968. The number of methoxy groups -OCH3 is 1. The largest absolute Gasteiger partial charge is 0.469 e. The van der Waals surface area contributed by atoms with E-state index in [4.69, 9.17) is 11.6 Å². The van der Waals surface area contributed by atoms with Crippen molar-refractivity contribution in [2.75, 3.05) is 20.2 Å². The van der Waals surface area contributed by atoms with Gasteiger partial charge in [-0.1, -0.05) is 23.7 Å². The molecule has 0 bridgehead atoms. The zero-order valence-corrected chi connectivity index (χ0v) is 15.3. The molecular weight excluding hydrogens is 356 g/mol. The number of nitrogens with one attached hydrogen (secondary N) is 2. The molecule has 2 amide bonds. The van der Waals surface area contributed by atoms with E-state index in [1.807, 2.05) is 18.2 Å². The topological polar surface area (TPSA) is 87.3 Å². The van der Waals surface area contributed by atoms with Crippen LogP contribution < -0.4 is 5.32 Å². The maximum absolute atomic E-state index is 12.7. The Bertz CT molecular complexity index is 792. The molecule has 1 aromatic carbocycles. The SMILES string of the molecule is COC(=O)CCCNC(=O)N1CCc2[nH]cnc2[C@@H]1c1cccc(Cl)c1. The van der Waals surface area contributed by atoms with Gasteiger partial charge in [-0.2, -0.15) is 0 Å². The highest BCUT2D eigenvalue weighted by Gasteiger charge is 2.34. The monoisotopic (exact) mass is 376 g/mol. The fraction of sp³-hybridized carbons (Fsp3) is 0.389. The first-order chi connectivity index (χ1) is 12.6. The first kappa shape index (κ1) is 18.3. The molecule has 2 heterocycles. The molecule has 8 heteroatoms. The zero-order valence-electron chi connectivity index (χ0n) is 14.5. The molecule has 0 saturated heterocycles. The van der Waals surface area contributed by atoms with Gasteiger partial charge in [0, 0.05) is 36.6 Å². The first-order valence-corrected chi connectivity index (χ1v) is 8.87. The van der Waals surface area contributed by atoms with Crippen LogP contribution in [0.3, 0.4) is 0 Å². The molecule has 1 atom stereocenters. The molecule has 0 saturated carbocycles. The van der Waals surface area contributed by atoms with Crippen LogP contribution in [0.2, 0.25) is 5.02 Å². The van der Waals surface area contributed by atoms with Crippen molar-refractivity contribution in [3.8, 4) is 0 Å². The summed E-state index contributed by atoms with van der Waals surface area (Å²) in [5.74, 6) is -0.282. The van der Waals surface area contributed by atoms with E-state index >= 15 is 0 Å². The van der Waals surface area contributed by atoms with Crippen LogP contribution in [-0.2, 0) is 16.0 Å². The average molecular weight is 377 g/mol. The van der Waals surface area contributed by atoms with E-state index in [2.05, 4.69) is 20.0 Å². The number of halogens is 1. The van der Waals surface area contributed by atoms with Gasteiger partial charge in [-0.15, -0.1) is 0 Å². The highest BCUT2D eigenvalue weighted by Crippen LogP contribution is 2.34. The van der Waals surface area contributed by atoms with Gasteiger partial charge in [-0.3, -0.25) is 4.79 Å². The van der Waals surface area contributed by atoms with Crippen LogP contribution >= 0.6 is 11.6 Å². The number of carbonyl (C=O) groups is 2. The lowest BCUT2D eigenvalue weighted by atomic mass is 9.96. The van der Waals surface area contributed by atoms with Crippen molar-refractivity contribution in [2.45, 2.75) is 25.3 Å². The Morgan fingerprint density at radius 2 is 2.31 bits per heavy atom. The number of benzene rings is 1. The molecule has 1 aromatic heterocycles. The number of H-pyrrole nitrogens is 1. The number of hydrogen-bond donors (Lipinski definition) is 2. The second kappa shape index (κ2) is 8.23. The van der Waals surface area contributed by atoms with Crippen LogP contribution in [0.5, 0.6) is 0 Å². The smallest absolute Gasteiger partial charge is 0.318 e. The van der Waals surface area contributed by atoms with E-state index in [1.54, 1.807) is 17.3 Å². The third kappa shape index (κ3) is 3.99. The zero-order chi connectivity index (χ0) is 18.5. The Kier molecular flexibility index (Phi) is 5.78. The Balaban J connectivity index is 1.75. The molecule has 0 fully saturated rings. The molecule has 0 spiro atoms. The van der Waals surface area contributed by atoms with Crippen LogP contribution in [0, 0.1) is 0 Å². The fourth-order valence-electron chi connectivity index (χ4n) is 3.14. The molecule has 3 rings (SSSR count). The van der Waals surface area contributed by atoms with Gasteiger partial charge in [-0.25, -0.2) is 9.78 Å². The van der Waals surface area contributed by atoms with Crippen LogP contribution in [-0.4, -0.2) is 47.1 Å². The van der Waals surface area contributed by atoms with Crippen LogP contribution in [0.25, 0.3) is 0 Å². The number of esters is 1. The standard InChI is InChI=1S/C18H21ClN4O3/c1-26-15(24)6-3-8-20-18(25)23-9-7-14-16(22-11-21-14)17(23)12-4-2-5-13(19)10-12/h2,4-5,10-11,17H,3,6-9H2,1H3,(H,20,25)(H,21,22)/t17-/m0/s1. The molecular formula is C18H21ClN4O3. The highest BCUT2D eigenvalue weighted by atomic mass is 35.5. The number of rotatable bonds is 5. The minimum Gasteiger partial charge on any atom is -0.469 e. The Hall–Kier alpha value is -2.54. The lowest BCUT2D eigenvalue weighted by Crippen LogP contribution is -2.46. The van der Waals surface area contributed by atoms with Gasteiger partial charge >= 0.3 is 12.0 Å². The number of fused-ring (bicyclic) bond motifs is 1. The predicted octanol–water partition coefficient (Wildman–Crippen LogP) is 2.67. The summed E-state index contributed by atoms with van der Waals surface area (Å²) >= 11 is 6.15. The van der Waals surface area contributed by atoms with Crippen LogP contribution in [0.1, 0.15) is 35.8 Å². The summed E-state index contributed by atoms with van der Waals surface area (Å²) in [5, 5.41) is 3.49. The molecule has 1 aliphatic rings. The fourth-order valence-corrected chi connectivity index (χ4v) is 3.34. The number of amides is 2. The average Bonchev–Trinajstić information content (AvgIpc) is 3.12. The number of aromatic amines is 1. The van der Waals surface area contributed by atoms with Crippen molar-refractivity contribution in [1.82, 2.24) is 20.2 Å². The maximum Gasteiger partial charge on any atom is 0.318 e. The summed E-state index contributed by atoms with van der Waals surface area (Å²) < 4.78 is 4.60. The normalized spacial score (nSPS) is 16.1. The number of carbonyl (C=O) groups excluding carboxylic acids is 2. The van der Waals surface area contributed by atoms with Crippen molar-refractivity contribution in [2.24, 2.45) is 0 Å². The lowest BCUT2D eigenvalue weighted by Gasteiger charge is -2.35. The summed E-state index contributed by atoms with van der Waals surface area (Å²) in [6.07, 6.45) is 3.17. The molecule has 2 aromatic rings. The first-order valence-electron chi connectivity index (χ1n) is 8.49. The van der Waals surface area contributed by atoms with Gasteiger partial charge in [0.2, 0.25) is 0 Å². The molecule has 7 nitrogen and oxygen atoms in total. The van der Waals surface area contributed by atoms with E-state index in [9.17, 15) is 9.59 Å². The Morgan fingerprint density at radius 1 is 1.46 bits per heavy atom. The van der Waals surface area contributed by atoms with Gasteiger partial charge in [0.05, 0.1) is 19.1 Å². The predicted molar refractivity (Wildman–Crippen MR) is 96.9 cm³/mol. The number of ether oxygens (including phenoxy) is 1. The summed E-state index contributed by atoms with van der Waals surface area (Å²) in [7, 11) is 1.35. The maximum atomic E-state index is 12.7. The molecule has 0 unspecified atom stereocenters. The second-order valence-electron chi connectivity index (χ2n) is 6.08. The number of hydrogen-bond acceptors (Lipinski definition) is 4.